The molecule has 6 nitrogen and oxygen atoms in total. The van der Waals surface area contributed by atoms with Crippen LogP contribution >= 0.6 is 23.1 Å². The molecular formula is C10H12N4O2S2. The second kappa shape index (κ2) is 5.49. The van der Waals surface area contributed by atoms with E-state index in [9.17, 15) is 9.59 Å². The van der Waals surface area contributed by atoms with Crippen LogP contribution < -0.4 is 10.6 Å². The lowest BCUT2D eigenvalue weighted by atomic mass is 10.4. The molecule has 2 N–H and O–H groups in total. The number of nitrogens with one attached hydrogen (secondary N) is 2. The summed E-state index contributed by atoms with van der Waals surface area (Å²) in [5.41, 5.74) is 0.853. The fourth-order valence-electron chi connectivity index (χ4n) is 1.24. The van der Waals surface area contributed by atoms with Crippen LogP contribution in [-0.4, -0.2) is 34.3 Å². The van der Waals surface area contributed by atoms with E-state index >= 15 is 0 Å². The Morgan fingerprint density at radius 2 is 1.94 bits per heavy atom. The lowest BCUT2D eigenvalue weighted by Gasteiger charge is -2.02. The first-order valence-electron chi connectivity index (χ1n) is 5.30. The van der Waals surface area contributed by atoms with Gasteiger partial charge in [0, 0.05) is 10.6 Å². The number of amidine groups is 1. The van der Waals surface area contributed by atoms with Crippen molar-refractivity contribution in [1.29, 1.82) is 0 Å². The third-order valence-corrected chi connectivity index (χ3v) is 4.14. The quantitative estimate of drug-likeness (QED) is 0.751. The predicted molar refractivity (Wildman–Crippen MR) is 73.1 cm³/mol. The summed E-state index contributed by atoms with van der Waals surface area (Å²) in [5, 5.41) is 5.87. The molecule has 0 saturated carbocycles. The number of nitrogens with zero attached hydrogens (tertiary/aromatic N) is 2. The number of aromatic nitrogens is 1. The number of aryl methyl sites for hydroxylation is 2. The van der Waals surface area contributed by atoms with Crippen molar-refractivity contribution in [3.8, 4) is 0 Å². The summed E-state index contributed by atoms with van der Waals surface area (Å²) in [5.74, 6) is -0.602. The maximum Gasteiger partial charge on any atom is 0.315 e. The zero-order valence-electron chi connectivity index (χ0n) is 9.94. The Morgan fingerprint density at radius 1 is 1.22 bits per heavy atom. The van der Waals surface area contributed by atoms with E-state index in [4.69, 9.17) is 0 Å². The maximum atomic E-state index is 11.6. The Bertz CT molecular complexity index is 504. The third-order valence-electron chi connectivity index (χ3n) is 2.26. The zero-order valence-corrected chi connectivity index (χ0v) is 11.6. The molecule has 0 fully saturated rings. The first-order valence-corrected chi connectivity index (χ1v) is 7.10. The van der Waals surface area contributed by atoms with Gasteiger partial charge in [0.1, 0.15) is 0 Å². The van der Waals surface area contributed by atoms with E-state index in [0.717, 1.165) is 16.3 Å². The van der Waals surface area contributed by atoms with Crippen molar-refractivity contribution in [2.24, 2.45) is 4.99 Å². The van der Waals surface area contributed by atoms with E-state index in [2.05, 4.69) is 20.6 Å². The minimum Gasteiger partial charge on any atom is -0.297 e. The topological polar surface area (TPSA) is 83.5 Å². The van der Waals surface area contributed by atoms with Gasteiger partial charge < -0.3 is 0 Å². The standard InChI is InChI=1S/C10H12N4O2S2/c1-5-6(2)18-10(12-5)14-8(16)7(15)13-9-11-3-4-17-9/h3-4H2,1-2H3,(H,11,13,15)(H,12,14,16). The van der Waals surface area contributed by atoms with Crippen molar-refractivity contribution in [3.63, 3.8) is 0 Å². The highest BCUT2D eigenvalue weighted by molar-refractivity contribution is 8.14. The zero-order chi connectivity index (χ0) is 13.1. The van der Waals surface area contributed by atoms with Crippen molar-refractivity contribution in [3.05, 3.63) is 10.6 Å². The minimum atomic E-state index is -0.723. The van der Waals surface area contributed by atoms with Gasteiger partial charge in [-0.15, -0.1) is 11.3 Å². The van der Waals surface area contributed by atoms with E-state index in [1.165, 1.54) is 23.1 Å². The SMILES string of the molecule is Cc1nc(NC(=O)C(=O)NC2=NCCS2)sc1C. The second-order valence-corrected chi connectivity index (χ2v) is 5.89. The highest BCUT2D eigenvalue weighted by Gasteiger charge is 2.19. The Balaban J connectivity index is 1.92. The van der Waals surface area contributed by atoms with Gasteiger partial charge in [-0.1, -0.05) is 11.8 Å². The van der Waals surface area contributed by atoms with Crippen LogP contribution in [0.1, 0.15) is 10.6 Å². The number of amides is 2. The van der Waals surface area contributed by atoms with E-state index in [1.54, 1.807) is 0 Å². The molecule has 2 rings (SSSR count). The van der Waals surface area contributed by atoms with Gasteiger partial charge in [-0.25, -0.2) is 4.98 Å². The summed E-state index contributed by atoms with van der Waals surface area (Å²) in [4.78, 5) is 32.3. The number of aliphatic imine (C=N–C) groups is 1. The first kappa shape index (κ1) is 13.0. The Morgan fingerprint density at radius 3 is 2.50 bits per heavy atom. The number of rotatable bonds is 1. The maximum absolute atomic E-state index is 11.6. The molecule has 8 heteroatoms. The Hall–Kier alpha value is -1.41. The molecule has 0 radical (unpaired) electrons. The van der Waals surface area contributed by atoms with Crippen molar-refractivity contribution in [1.82, 2.24) is 10.3 Å². The summed E-state index contributed by atoms with van der Waals surface area (Å²) in [6.45, 7) is 4.44. The normalized spacial score (nSPS) is 14.2. The molecule has 0 aromatic carbocycles. The lowest BCUT2D eigenvalue weighted by molar-refractivity contribution is -0.135. The molecule has 1 aromatic rings. The molecule has 1 aromatic heterocycles. The monoisotopic (exact) mass is 284 g/mol. The van der Waals surface area contributed by atoms with Gasteiger partial charge in [-0.2, -0.15) is 0 Å². The fraction of sp³-hybridized carbons (Fsp3) is 0.400. The number of hydrogen-bond donors (Lipinski definition) is 2. The minimum absolute atomic E-state index is 0.436. The predicted octanol–water partition coefficient (Wildman–Crippen LogP) is 0.917. The molecular weight excluding hydrogens is 272 g/mol. The lowest BCUT2D eigenvalue weighted by Crippen LogP contribution is -2.37. The number of carbonyl (C=O) groups excluding carboxylic acids is 2. The van der Waals surface area contributed by atoms with E-state index in [-0.39, 0.29) is 0 Å². The molecule has 2 heterocycles. The third kappa shape index (κ3) is 3.08. The molecule has 0 saturated heterocycles. The van der Waals surface area contributed by atoms with Crippen LogP contribution in [0.2, 0.25) is 0 Å². The summed E-state index contributed by atoms with van der Waals surface area (Å²) in [6.07, 6.45) is 0. The second-order valence-electron chi connectivity index (χ2n) is 3.60. The highest BCUT2D eigenvalue weighted by Crippen LogP contribution is 2.20. The molecule has 0 unspecified atom stereocenters. The van der Waals surface area contributed by atoms with E-state index < -0.39 is 11.8 Å². The van der Waals surface area contributed by atoms with Crippen molar-refractivity contribution in [2.45, 2.75) is 13.8 Å². The van der Waals surface area contributed by atoms with Crippen LogP contribution in [-0.2, 0) is 9.59 Å². The molecule has 1 aliphatic heterocycles. The van der Waals surface area contributed by atoms with E-state index in [1.807, 2.05) is 13.8 Å². The molecule has 96 valence electrons. The van der Waals surface area contributed by atoms with Crippen molar-refractivity contribution >= 4 is 45.2 Å². The van der Waals surface area contributed by atoms with Crippen LogP contribution in [0.25, 0.3) is 0 Å². The smallest absolute Gasteiger partial charge is 0.297 e. The number of anilines is 1. The van der Waals surface area contributed by atoms with E-state index in [0.29, 0.717) is 16.8 Å². The number of thiazole rings is 1. The van der Waals surface area contributed by atoms with Crippen LogP contribution in [0, 0.1) is 13.8 Å². The number of thioether (sulfide) groups is 1. The number of hydrogen-bond acceptors (Lipinski definition) is 6. The molecule has 0 bridgehead atoms. The summed E-state index contributed by atoms with van der Waals surface area (Å²) in [7, 11) is 0. The first-order chi connectivity index (χ1) is 8.56. The van der Waals surface area contributed by atoms with Gasteiger partial charge in [-0.05, 0) is 13.8 Å². The molecule has 2 amide bonds. The average Bonchev–Trinajstić information content (AvgIpc) is 2.90. The van der Waals surface area contributed by atoms with Crippen LogP contribution in [0.5, 0.6) is 0 Å². The molecule has 0 atom stereocenters. The van der Waals surface area contributed by atoms with Gasteiger partial charge in [0.15, 0.2) is 10.3 Å². The van der Waals surface area contributed by atoms with Gasteiger partial charge in [0.05, 0.1) is 12.2 Å². The highest BCUT2D eigenvalue weighted by atomic mass is 32.2. The van der Waals surface area contributed by atoms with Crippen LogP contribution in [0.15, 0.2) is 4.99 Å². The Labute approximate surface area is 112 Å². The van der Waals surface area contributed by atoms with Crippen molar-refractivity contribution < 1.29 is 9.59 Å². The summed E-state index contributed by atoms with van der Waals surface area (Å²) < 4.78 is 0. The van der Waals surface area contributed by atoms with Gasteiger partial charge in [-0.3, -0.25) is 25.2 Å². The van der Waals surface area contributed by atoms with Crippen LogP contribution in [0.4, 0.5) is 5.13 Å². The summed E-state index contributed by atoms with van der Waals surface area (Å²) >= 11 is 2.77. The largest absolute Gasteiger partial charge is 0.315 e. The molecule has 0 aliphatic carbocycles. The average molecular weight is 284 g/mol. The van der Waals surface area contributed by atoms with Crippen LogP contribution in [0.3, 0.4) is 0 Å². The number of carbonyl (C=O) groups is 2. The fourth-order valence-corrected chi connectivity index (χ4v) is 2.78. The molecule has 1 aliphatic rings. The van der Waals surface area contributed by atoms with Gasteiger partial charge >= 0.3 is 11.8 Å². The molecule has 18 heavy (non-hydrogen) atoms. The van der Waals surface area contributed by atoms with Gasteiger partial charge in [0.25, 0.3) is 0 Å². The van der Waals surface area contributed by atoms with Crippen molar-refractivity contribution in [2.75, 3.05) is 17.6 Å². The van der Waals surface area contributed by atoms with Gasteiger partial charge in [0.2, 0.25) is 0 Å². The molecule has 0 spiro atoms. The Kier molecular flexibility index (Phi) is 3.97. The summed E-state index contributed by atoms with van der Waals surface area (Å²) in [6, 6.07) is 0.